The minimum atomic E-state index is -3.99. The molecule has 0 fully saturated rings. The molecular weight excluding hydrogens is 324 g/mol. The first kappa shape index (κ1) is 15.7. The highest BCUT2D eigenvalue weighted by Gasteiger charge is 2.13. The molecule has 2 aromatic rings. The summed E-state index contributed by atoms with van der Waals surface area (Å²) in [7, 11) is -3.99. The Kier molecular flexibility index (Phi) is 4.46. The predicted molar refractivity (Wildman–Crippen MR) is 73.5 cm³/mol. The van der Waals surface area contributed by atoms with Gasteiger partial charge in [0.15, 0.2) is 11.6 Å². The summed E-state index contributed by atoms with van der Waals surface area (Å²) in [4.78, 5) is -0.370. The summed E-state index contributed by atoms with van der Waals surface area (Å²) in [6, 6.07) is 6.95. The fourth-order valence-corrected chi connectivity index (χ4v) is 2.25. The Morgan fingerprint density at radius 3 is 2.38 bits per heavy atom. The highest BCUT2D eigenvalue weighted by molar-refractivity contribution is 7.89. The molecule has 0 amide bonds. The molecule has 0 aliphatic heterocycles. The van der Waals surface area contributed by atoms with E-state index in [0.29, 0.717) is 0 Å². The lowest BCUT2D eigenvalue weighted by Gasteiger charge is -2.09. The largest absolute Gasteiger partial charge is 0.486 e. The average molecular weight is 334 g/mol. The molecule has 0 aliphatic carbocycles. The van der Waals surface area contributed by atoms with E-state index in [4.69, 9.17) is 21.5 Å². The third kappa shape index (κ3) is 3.90. The maximum absolute atomic E-state index is 13.7. The number of halogens is 3. The van der Waals surface area contributed by atoms with Crippen molar-refractivity contribution in [3.05, 3.63) is 58.6 Å². The maximum Gasteiger partial charge on any atom is 0.238 e. The van der Waals surface area contributed by atoms with Gasteiger partial charge in [0.25, 0.3) is 0 Å². The normalized spacial score (nSPS) is 11.4. The van der Waals surface area contributed by atoms with Crippen LogP contribution in [0.25, 0.3) is 0 Å². The first-order valence-corrected chi connectivity index (χ1v) is 7.59. The number of nitrogens with two attached hydrogens (primary N) is 1. The van der Waals surface area contributed by atoms with Crippen LogP contribution in [-0.2, 0) is 16.6 Å². The first-order valence-electron chi connectivity index (χ1n) is 5.66. The van der Waals surface area contributed by atoms with Gasteiger partial charge in [-0.05, 0) is 30.3 Å². The zero-order chi connectivity index (χ0) is 15.6. The van der Waals surface area contributed by atoms with Crippen molar-refractivity contribution in [3.8, 4) is 5.75 Å². The highest BCUT2D eigenvalue weighted by atomic mass is 35.5. The Balaban J connectivity index is 2.17. The topological polar surface area (TPSA) is 69.4 Å². The van der Waals surface area contributed by atoms with Crippen LogP contribution < -0.4 is 9.88 Å². The molecule has 0 aromatic heterocycles. The summed E-state index contributed by atoms with van der Waals surface area (Å²) in [5.41, 5.74) is 0.189. The molecule has 112 valence electrons. The van der Waals surface area contributed by atoms with Crippen molar-refractivity contribution in [2.24, 2.45) is 5.14 Å². The Bertz CT molecular complexity index is 781. The summed E-state index contributed by atoms with van der Waals surface area (Å²) in [6.45, 7) is -0.228. The van der Waals surface area contributed by atoms with Crippen LogP contribution in [0.3, 0.4) is 0 Å². The number of hydrogen-bond donors (Lipinski definition) is 1. The Morgan fingerprint density at radius 1 is 1.10 bits per heavy atom. The van der Waals surface area contributed by atoms with E-state index in [1.807, 2.05) is 0 Å². The Hall–Kier alpha value is -1.70. The lowest BCUT2D eigenvalue weighted by Crippen LogP contribution is -2.12. The number of rotatable bonds is 4. The van der Waals surface area contributed by atoms with Gasteiger partial charge < -0.3 is 4.74 Å². The van der Waals surface area contributed by atoms with Crippen LogP contribution in [0.5, 0.6) is 5.75 Å². The quantitative estimate of drug-likeness (QED) is 0.935. The van der Waals surface area contributed by atoms with E-state index in [1.54, 1.807) is 0 Å². The lowest BCUT2D eigenvalue weighted by atomic mass is 10.2. The van der Waals surface area contributed by atoms with E-state index in [9.17, 15) is 17.2 Å². The minimum Gasteiger partial charge on any atom is -0.486 e. The second-order valence-electron chi connectivity index (χ2n) is 4.16. The van der Waals surface area contributed by atoms with Crippen LogP contribution in [0.4, 0.5) is 8.78 Å². The second-order valence-corrected chi connectivity index (χ2v) is 6.16. The Morgan fingerprint density at radius 2 is 1.81 bits per heavy atom. The number of hydrogen-bond acceptors (Lipinski definition) is 3. The molecule has 0 aliphatic rings. The predicted octanol–water partition coefficient (Wildman–Crippen LogP) is 2.84. The molecular formula is C13H10ClF2NO3S. The lowest BCUT2D eigenvalue weighted by molar-refractivity contribution is 0.284. The zero-order valence-electron chi connectivity index (χ0n) is 10.5. The summed E-state index contributed by atoms with van der Waals surface area (Å²) < 4.78 is 54.4. The van der Waals surface area contributed by atoms with Crippen molar-refractivity contribution in [3.63, 3.8) is 0 Å². The summed E-state index contributed by atoms with van der Waals surface area (Å²) in [6.07, 6.45) is 0. The molecule has 4 nitrogen and oxygen atoms in total. The van der Waals surface area contributed by atoms with Crippen LogP contribution in [-0.4, -0.2) is 8.42 Å². The van der Waals surface area contributed by atoms with Gasteiger partial charge in [0.05, 0.1) is 4.90 Å². The van der Waals surface area contributed by atoms with Gasteiger partial charge in [-0.15, -0.1) is 0 Å². The average Bonchev–Trinajstić information content (AvgIpc) is 2.38. The standard InChI is InChI=1S/C13H10ClF2NO3S/c14-9-2-1-8(11(15)5-9)7-20-13-4-3-10(6-12(13)16)21(17,18)19/h1-6H,7H2,(H2,17,18,19). The summed E-state index contributed by atoms with van der Waals surface area (Å²) >= 11 is 5.61. The van der Waals surface area contributed by atoms with E-state index in [-0.39, 0.29) is 27.8 Å². The SMILES string of the molecule is NS(=O)(=O)c1ccc(OCc2ccc(Cl)cc2F)c(F)c1. The molecule has 0 bridgehead atoms. The van der Waals surface area contributed by atoms with Gasteiger partial charge in [-0.1, -0.05) is 17.7 Å². The van der Waals surface area contributed by atoms with Crippen LogP contribution in [0.2, 0.25) is 5.02 Å². The van der Waals surface area contributed by atoms with E-state index in [2.05, 4.69) is 0 Å². The van der Waals surface area contributed by atoms with E-state index >= 15 is 0 Å². The summed E-state index contributed by atoms with van der Waals surface area (Å²) in [5.74, 6) is -1.70. The highest BCUT2D eigenvalue weighted by Crippen LogP contribution is 2.22. The third-order valence-electron chi connectivity index (χ3n) is 2.63. The molecule has 0 radical (unpaired) electrons. The van der Waals surface area contributed by atoms with Gasteiger partial charge in [-0.2, -0.15) is 0 Å². The van der Waals surface area contributed by atoms with E-state index in [0.717, 1.165) is 24.3 Å². The monoisotopic (exact) mass is 333 g/mol. The molecule has 8 heteroatoms. The van der Waals surface area contributed by atoms with Crippen molar-refractivity contribution < 1.29 is 21.9 Å². The van der Waals surface area contributed by atoms with Gasteiger partial charge in [-0.3, -0.25) is 0 Å². The van der Waals surface area contributed by atoms with Crippen LogP contribution >= 0.6 is 11.6 Å². The molecule has 0 spiro atoms. The van der Waals surface area contributed by atoms with Gasteiger partial charge in [0, 0.05) is 10.6 Å². The van der Waals surface area contributed by atoms with Crippen molar-refractivity contribution >= 4 is 21.6 Å². The first-order chi connectivity index (χ1) is 9.77. The van der Waals surface area contributed by atoms with Gasteiger partial charge in [0.1, 0.15) is 12.4 Å². The van der Waals surface area contributed by atoms with Gasteiger partial charge in [0.2, 0.25) is 10.0 Å². The number of sulfonamides is 1. The second kappa shape index (κ2) is 5.97. The van der Waals surface area contributed by atoms with Crippen LogP contribution in [0, 0.1) is 11.6 Å². The molecule has 0 saturated carbocycles. The molecule has 0 saturated heterocycles. The number of primary sulfonamides is 1. The smallest absolute Gasteiger partial charge is 0.238 e. The van der Waals surface area contributed by atoms with Gasteiger partial charge >= 0.3 is 0 Å². The minimum absolute atomic E-state index is 0.189. The van der Waals surface area contributed by atoms with Crippen molar-refractivity contribution in [1.82, 2.24) is 0 Å². The van der Waals surface area contributed by atoms with Gasteiger partial charge in [-0.25, -0.2) is 22.3 Å². The molecule has 0 heterocycles. The van der Waals surface area contributed by atoms with Crippen molar-refractivity contribution in [2.75, 3.05) is 0 Å². The fourth-order valence-electron chi connectivity index (χ4n) is 1.57. The molecule has 2 aromatic carbocycles. The molecule has 0 unspecified atom stereocenters. The third-order valence-corrected chi connectivity index (χ3v) is 3.78. The molecule has 21 heavy (non-hydrogen) atoms. The summed E-state index contributed by atoms with van der Waals surface area (Å²) in [5, 5.41) is 5.11. The number of benzene rings is 2. The van der Waals surface area contributed by atoms with Crippen molar-refractivity contribution in [1.29, 1.82) is 0 Å². The maximum atomic E-state index is 13.7. The van der Waals surface area contributed by atoms with E-state index in [1.165, 1.54) is 12.1 Å². The Labute approximate surface area is 125 Å². The van der Waals surface area contributed by atoms with Crippen LogP contribution in [0.15, 0.2) is 41.3 Å². The fraction of sp³-hybridized carbons (Fsp3) is 0.0769. The van der Waals surface area contributed by atoms with Crippen molar-refractivity contribution in [2.45, 2.75) is 11.5 Å². The number of ether oxygens (including phenoxy) is 1. The van der Waals surface area contributed by atoms with Crippen LogP contribution in [0.1, 0.15) is 5.56 Å². The zero-order valence-corrected chi connectivity index (χ0v) is 12.1. The molecule has 2 rings (SSSR count). The van der Waals surface area contributed by atoms with E-state index < -0.39 is 21.7 Å². The molecule has 2 N–H and O–H groups in total. The molecule has 0 atom stereocenters.